The molecule has 0 radical (unpaired) electrons. The standard InChI is InChI=1S/C42H61N7O6/c1-29(25-31-11-4-2-5-12-31)38(52)48-34(16-10-24-46-40(44)45)36(50)26-33(27-42-20-17-30(18-21-42)19-22-42)39(53)49-35(37(43)51)15-8-9-23-47-41(54)55-28-32-13-6-3-7-14-32/h2-7,11-14,29-30,33-35H,8-10,15-28H2,1H3,(H2,43,51)(H,47,54)(H,48,52)(H,49,53)(H4,44,45,46)/t29-,30?,33-,34-,35-,42?/m0/s1. The van der Waals surface area contributed by atoms with Crippen LogP contribution < -0.4 is 33.2 Å². The van der Waals surface area contributed by atoms with Crippen LogP contribution in [0.15, 0.2) is 65.7 Å². The van der Waals surface area contributed by atoms with E-state index >= 15 is 0 Å². The topological polar surface area (TPSA) is 221 Å². The lowest BCUT2D eigenvalue weighted by Crippen LogP contribution is -2.49. The minimum atomic E-state index is -0.941. The Morgan fingerprint density at radius 3 is 2.02 bits per heavy atom. The van der Waals surface area contributed by atoms with Gasteiger partial charge in [-0.05, 0) is 106 Å². The number of primary amides is 1. The quantitative estimate of drug-likeness (QED) is 0.0540. The molecule has 3 fully saturated rings. The smallest absolute Gasteiger partial charge is 0.407 e. The van der Waals surface area contributed by atoms with E-state index in [0.717, 1.165) is 55.6 Å². The summed E-state index contributed by atoms with van der Waals surface area (Å²) in [6.45, 7) is 2.61. The Balaban J connectivity index is 1.39. The molecule has 300 valence electrons. The number of rotatable bonds is 23. The summed E-state index contributed by atoms with van der Waals surface area (Å²) >= 11 is 0. The molecule has 4 atom stereocenters. The number of Topliss-reactive ketones (excluding diaryl/α,β-unsaturated/α-hetero) is 1. The summed E-state index contributed by atoms with van der Waals surface area (Å²) < 4.78 is 5.25. The van der Waals surface area contributed by atoms with Gasteiger partial charge in [-0.2, -0.15) is 0 Å². The van der Waals surface area contributed by atoms with E-state index in [2.05, 4.69) is 20.9 Å². The molecule has 0 aromatic heterocycles. The van der Waals surface area contributed by atoms with E-state index in [0.29, 0.717) is 51.6 Å². The van der Waals surface area contributed by atoms with Crippen LogP contribution in [0.2, 0.25) is 0 Å². The van der Waals surface area contributed by atoms with Gasteiger partial charge in [0.1, 0.15) is 12.6 Å². The Hall–Kier alpha value is -4.94. The molecule has 0 heterocycles. The molecule has 2 bridgehead atoms. The molecule has 4 amide bonds. The van der Waals surface area contributed by atoms with Crippen molar-refractivity contribution in [2.45, 2.75) is 116 Å². The van der Waals surface area contributed by atoms with Crippen molar-refractivity contribution in [1.82, 2.24) is 16.0 Å². The molecule has 13 nitrogen and oxygen atoms in total. The van der Waals surface area contributed by atoms with Crippen LogP contribution in [-0.4, -0.2) is 60.7 Å². The van der Waals surface area contributed by atoms with Crippen molar-refractivity contribution < 1.29 is 28.7 Å². The normalized spacial score (nSPS) is 19.5. The highest BCUT2D eigenvalue weighted by Crippen LogP contribution is 2.53. The Labute approximate surface area is 325 Å². The van der Waals surface area contributed by atoms with Crippen LogP contribution in [0.3, 0.4) is 0 Å². The molecule has 2 aromatic carbocycles. The molecule has 0 unspecified atom stereocenters. The van der Waals surface area contributed by atoms with E-state index < -0.39 is 35.9 Å². The van der Waals surface area contributed by atoms with Gasteiger partial charge in [0.2, 0.25) is 17.7 Å². The predicted molar refractivity (Wildman–Crippen MR) is 212 cm³/mol. The number of hydrogen-bond acceptors (Lipinski definition) is 7. The van der Waals surface area contributed by atoms with Crippen LogP contribution >= 0.6 is 0 Å². The lowest BCUT2D eigenvalue weighted by Gasteiger charge is -2.48. The molecule has 3 saturated carbocycles. The number of nitrogens with zero attached hydrogens (tertiary/aromatic N) is 1. The van der Waals surface area contributed by atoms with E-state index in [1.54, 1.807) is 0 Å². The third-order valence-corrected chi connectivity index (χ3v) is 11.3. The summed E-state index contributed by atoms with van der Waals surface area (Å²) in [4.78, 5) is 70.5. The highest BCUT2D eigenvalue weighted by atomic mass is 16.5. The third-order valence-electron chi connectivity index (χ3n) is 11.3. The van der Waals surface area contributed by atoms with Gasteiger partial charge < -0.3 is 37.9 Å². The van der Waals surface area contributed by atoms with Gasteiger partial charge in [-0.25, -0.2) is 4.79 Å². The summed E-state index contributed by atoms with van der Waals surface area (Å²) in [6.07, 6.45) is 8.85. The molecule has 55 heavy (non-hydrogen) atoms. The van der Waals surface area contributed by atoms with Crippen molar-refractivity contribution in [3.8, 4) is 0 Å². The number of fused-ring (bicyclic) bond motifs is 3. The number of nitrogens with one attached hydrogen (secondary N) is 3. The number of carbonyl (C=O) groups is 5. The van der Waals surface area contributed by atoms with Gasteiger partial charge in [-0.1, -0.05) is 67.6 Å². The molecule has 2 aromatic rings. The largest absolute Gasteiger partial charge is 0.445 e. The van der Waals surface area contributed by atoms with Gasteiger partial charge in [0, 0.05) is 31.3 Å². The molecule has 0 aliphatic heterocycles. The van der Waals surface area contributed by atoms with E-state index in [-0.39, 0.29) is 48.4 Å². The number of aliphatic imine (C=N–C) groups is 1. The summed E-state index contributed by atoms with van der Waals surface area (Å²) in [6, 6.07) is 17.3. The number of alkyl carbamates (subject to hydrolysis) is 1. The van der Waals surface area contributed by atoms with Crippen LogP contribution in [0, 0.1) is 23.2 Å². The lowest BCUT2D eigenvalue weighted by atomic mass is 9.57. The fourth-order valence-corrected chi connectivity index (χ4v) is 8.02. The first-order valence-corrected chi connectivity index (χ1v) is 19.9. The SMILES string of the molecule is C[C@@H](Cc1ccccc1)C(=O)N[C@@H](CCCN=C(N)N)C(=O)C[C@@H](CC12CCC(CC1)CC2)C(=O)N[C@@H](CCCCNC(=O)OCc1ccccc1)C(N)=O. The van der Waals surface area contributed by atoms with Crippen molar-refractivity contribution in [3.05, 3.63) is 71.8 Å². The zero-order chi connectivity index (χ0) is 39.6. The van der Waals surface area contributed by atoms with Gasteiger partial charge in [0.05, 0.1) is 6.04 Å². The minimum absolute atomic E-state index is 0.0453. The molecule has 3 aliphatic rings. The predicted octanol–water partition coefficient (Wildman–Crippen LogP) is 4.41. The Morgan fingerprint density at radius 2 is 1.40 bits per heavy atom. The average molecular weight is 760 g/mol. The lowest BCUT2D eigenvalue weighted by molar-refractivity contribution is -0.135. The highest BCUT2D eigenvalue weighted by molar-refractivity contribution is 5.94. The van der Waals surface area contributed by atoms with Gasteiger partial charge >= 0.3 is 6.09 Å². The summed E-state index contributed by atoms with van der Waals surface area (Å²) in [5.74, 6) is -1.97. The van der Waals surface area contributed by atoms with Crippen molar-refractivity contribution in [2.75, 3.05) is 13.1 Å². The van der Waals surface area contributed by atoms with Crippen molar-refractivity contribution in [2.24, 2.45) is 45.4 Å². The zero-order valence-corrected chi connectivity index (χ0v) is 32.3. The number of benzene rings is 2. The monoisotopic (exact) mass is 759 g/mol. The number of ether oxygens (including phenoxy) is 1. The Morgan fingerprint density at radius 1 is 0.800 bits per heavy atom. The van der Waals surface area contributed by atoms with Gasteiger partial charge in [-0.15, -0.1) is 0 Å². The molecule has 0 saturated heterocycles. The fraction of sp³-hybridized carbons (Fsp3) is 0.571. The maximum atomic E-state index is 14.2. The first-order chi connectivity index (χ1) is 26.4. The minimum Gasteiger partial charge on any atom is -0.445 e. The number of nitrogens with two attached hydrogens (primary N) is 3. The maximum absolute atomic E-state index is 14.2. The number of unbranched alkanes of at least 4 members (excludes halogenated alkanes) is 1. The van der Waals surface area contributed by atoms with Crippen molar-refractivity contribution in [1.29, 1.82) is 0 Å². The molecular formula is C42H61N7O6. The van der Waals surface area contributed by atoms with Crippen LogP contribution in [0.5, 0.6) is 0 Å². The molecule has 13 heteroatoms. The number of carbonyl (C=O) groups excluding carboxylic acids is 5. The van der Waals surface area contributed by atoms with Gasteiger partial charge in [-0.3, -0.25) is 24.2 Å². The molecule has 3 aliphatic carbocycles. The van der Waals surface area contributed by atoms with Crippen molar-refractivity contribution >= 4 is 35.6 Å². The van der Waals surface area contributed by atoms with Crippen molar-refractivity contribution in [3.63, 3.8) is 0 Å². The molecule has 9 N–H and O–H groups in total. The fourth-order valence-electron chi connectivity index (χ4n) is 8.02. The van der Waals surface area contributed by atoms with E-state index in [4.69, 9.17) is 21.9 Å². The van der Waals surface area contributed by atoms with E-state index in [9.17, 15) is 24.0 Å². The maximum Gasteiger partial charge on any atom is 0.407 e. The van der Waals surface area contributed by atoms with Gasteiger partial charge in [0.25, 0.3) is 0 Å². The van der Waals surface area contributed by atoms with E-state index in [1.807, 2.05) is 67.6 Å². The second kappa shape index (κ2) is 21.8. The van der Waals surface area contributed by atoms with E-state index in [1.165, 1.54) is 0 Å². The Kier molecular flexibility index (Phi) is 17.0. The second-order valence-corrected chi connectivity index (χ2v) is 15.6. The van der Waals surface area contributed by atoms with Crippen LogP contribution in [0.25, 0.3) is 0 Å². The van der Waals surface area contributed by atoms with Crippen LogP contribution in [0.4, 0.5) is 4.79 Å². The number of ketones is 1. The first kappa shape index (κ1) is 42.8. The van der Waals surface area contributed by atoms with Crippen LogP contribution in [-0.2, 0) is 36.9 Å². The summed E-state index contributed by atoms with van der Waals surface area (Å²) in [5, 5.41) is 8.58. The average Bonchev–Trinajstić information content (AvgIpc) is 3.18. The van der Waals surface area contributed by atoms with Crippen LogP contribution in [0.1, 0.15) is 102 Å². The first-order valence-electron chi connectivity index (χ1n) is 19.9. The number of hydrogen-bond donors (Lipinski definition) is 6. The Bertz CT molecular complexity index is 1560. The molecular weight excluding hydrogens is 699 g/mol. The number of amides is 4. The third kappa shape index (κ3) is 14.7. The molecule has 5 rings (SSSR count). The number of guanidine groups is 1. The zero-order valence-electron chi connectivity index (χ0n) is 32.3. The summed E-state index contributed by atoms with van der Waals surface area (Å²) in [5.41, 5.74) is 18.7. The summed E-state index contributed by atoms with van der Waals surface area (Å²) in [7, 11) is 0. The van der Waals surface area contributed by atoms with Gasteiger partial charge in [0.15, 0.2) is 11.7 Å². The second-order valence-electron chi connectivity index (χ2n) is 15.6. The highest BCUT2D eigenvalue weighted by Gasteiger charge is 2.44. The molecule has 0 spiro atoms.